The monoisotopic (exact) mass is 547 g/mol. The van der Waals surface area contributed by atoms with E-state index >= 15 is 0 Å². The maximum Gasteiger partial charge on any atom is 0.410 e. The quantitative estimate of drug-likeness (QED) is 0.537. The lowest BCUT2D eigenvalue weighted by Gasteiger charge is -2.55. The molecule has 9 nitrogen and oxygen atoms in total. The molecule has 3 fully saturated rings. The van der Waals surface area contributed by atoms with Crippen molar-refractivity contribution in [3.05, 3.63) is 77.9 Å². The maximum absolute atomic E-state index is 13.7. The molecule has 2 spiro atoms. The number of fused-ring (bicyclic) bond motifs is 1. The van der Waals surface area contributed by atoms with Crippen molar-refractivity contribution in [3.8, 4) is 6.07 Å². The van der Waals surface area contributed by atoms with Crippen molar-refractivity contribution in [2.24, 2.45) is 11.3 Å². The van der Waals surface area contributed by atoms with E-state index in [-0.39, 0.29) is 36.9 Å². The lowest BCUT2D eigenvalue weighted by molar-refractivity contribution is -0.155. The average molecular weight is 548 g/mol. The van der Waals surface area contributed by atoms with Gasteiger partial charge in [0.25, 0.3) is 0 Å². The molecule has 3 aliphatic heterocycles. The predicted octanol–water partition coefficient (Wildman–Crippen LogP) is 3.63. The topological polar surface area (TPSA) is 117 Å². The van der Waals surface area contributed by atoms with Gasteiger partial charge in [0.2, 0.25) is 10.0 Å². The zero-order chi connectivity index (χ0) is 27.3. The molecule has 202 valence electrons. The van der Waals surface area contributed by atoms with Crippen LogP contribution in [0.25, 0.3) is 0 Å². The van der Waals surface area contributed by atoms with Crippen molar-refractivity contribution >= 4 is 22.1 Å². The van der Waals surface area contributed by atoms with Gasteiger partial charge < -0.3 is 14.4 Å². The number of nitrogens with zero attached hydrogens (tertiary/aromatic N) is 3. The minimum absolute atomic E-state index is 0.0832. The number of carbonyl (C=O) groups is 2. The Kier molecular flexibility index (Phi) is 6.24. The van der Waals surface area contributed by atoms with Gasteiger partial charge in [0.1, 0.15) is 6.61 Å². The van der Waals surface area contributed by atoms with Crippen LogP contribution in [0.5, 0.6) is 0 Å². The summed E-state index contributed by atoms with van der Waals surface area (Å²) in [5, 5.41) is 10.1. The molecule has 39 heavy (non-hydrogen) atoms. The summed E-state index contributed by atoms with van der Waals surface area (Å²) in [6.45, 7) is 0.751. The highest BCUT2D eigenvalue weighted by atomic mass is 32.2. The molecule has 4 aliphatic rings. The standard InChI is InChI=1S/C29H29N3O6S/c30-18-22-17-29(13-11-25(33)38-29)26-28(14-16-32(26)27(34)37-19-21-7-3-1-4-8-21)20-31(15-12-24(22)28)39(35,36)23-9-5-2-6-10-23/h1-10,17,24,26H,11-16,19-20H2/t24-,26+,28-,29?/m0/s1. The number of allylic oxidation sites excluding steroid dienone is 1. The number of rotatable bonds is 4. The van der Waals surface area contributed by atoms with E-state index in [0.717, 1.165) is 5.56 Å². The Morgan fingerprint density at radius 3 is 2.46 bits per heavy atom. The number of amides is 1. The molecular weight excluding hydrogens is 518 g/mol. The molecule has 1 aliphatic carbocycles. The minimum Gasteiger partial charge on any atom is -0.452 e. The van der Waals surface area contributed by atoms with Gasteiger partial charge in [-0.2, -0.15) is 9.57 Å². The van der Waals surface area contributed by atoms with E-state index in [1.807, 2.05) is 30.3 Å². The highest BCUT2D eigenvalue weighted by Crippen LogP contribution is 2.60. The van der Waals surface area contributed by atoms with Crippen molar-refractivity contribution in [2.45, 2.75) is 48.8 Å². The number of sulfonamides is 1. The van der Waals surface area contributed by atoms with Crippen LogP contribution in [0.15, 0.2) is 77.2 Å². The molecule has 6 rings (SSSR count). The van der Waals surface area contributed by atoms with Crippen LogP contribution in [-0.4, -0.2) is 61.0 Å². The Bertz CT molecular complexity index is 1470. The Morgan fingerprint density at radius 2 is 1.79 bits per heavy atom. The third-order valence-corrected chi connectivity index (χ3v) is 10.6. The first kappa shape index (κ1) is 25.6. The fourth-order valence-electron chi connectivity index (χ4n) is 7.13. The third-order valence-electron chi connectivity index (χ3n) is 8.72. The summed E-state index contributed by atoms with van der Waals surface area (Å²) in [6, 6.07) is 19.3. The second kappa shape index (κ2) is 9.50. The lowest BCUT2D eigenvalue weighted by atomic mass is 9.56. The number of piperidine rings is 1. The van der Waals surface area contributed by atoms with Gasteiger partial charge in [-0.1, -0.05) is 48.5 Å². The molecule has 0 saturated carbocycles. The molecule has 4 atom stereocenters. The highest BCUT2D eigenvalue weighted by molar-refractivity contribution is 7.89. The van der Waals surface area contributed by atoms with Crippen molar-refractivity contribution < 1.29 is 27.5 Å². The van der Waals surface area contributed by atoms with E-state index in [1.54, 1.807) is 41.3 Å². The summed E-state index contributed by atoms with van der Waals surface area (Å²) in [5.41, 5.74) is -0.679. The van der Waals surface area contributed by atoms with E-state index in [1.165, 1.54) is 4.31 Å². The normalized spacial score (nSPS) is 30.2. The van der Waals surface area contributed by atoms with Crippen LogP contribution in [0.2, 0.25) is 0 Å². The number of carbonyl (C=O) groups excluding carboxylic acids is 2. The first-order valence-electron chi connectivity index (χ1n) is 13.2. The summed E-state index contributed by atoms with van der Waals surface area (Å²) >= 11 is 0. The van der Waals surface area contributed by atoms with E-state index in [2.05, 4.69) is 6.07 Å². The van der Waals surface area contributed by atoms with Crippen LogP contribution in [0.3, 0.4) is 0 Å². The number of esters is 1. The first-order valence-corrected chi connectivity index (χ1v) is 14.6. The zero-order valence-electron chi connectivity index (χ0n) is 21.4. The van der Waals surface area contributed by atoms with E-state index in [0.29, 0.717) is 31.4 Å². The Labute approximate surface area is 227 Å². The lowest BCUT2D eigenvalue weighted by Crippen LogP contribution is -2.66. The van der Waals surface area contributed by atoms with Crippen molar-refractivity contribution in [2.75, 3.05) is 19.6 Å². The largest absolute Gasteiger partial charge is 0.452 e. The van der Waals surface area contributed by atoms with Gasteiger partial charge in [0.15, 0.2) is 5.60 Å². The molecule has 10 heteroatoms. The number of benzene rings is 2. The van der Waals surface area contributed by atoms with Crippen LogP contribution < -0.4 is 0 Å². The van der Waals surface area contributed by atoms with Gasteiger partial charge in [0, 0.05) is 49.4 Å². The molecule has 3 saturated heterocycles. The summed E-state index contributed by atoms with van der Waals surface area (Å²) < 4.78 is 40.5. The van der Waals surface area contributed by atoms with Crippen LogP contribution in [-0.2, 0) is 30.9 Å². The molecule has 0 aromatic heterocycles. The molecule has 1 amide bonds. The Balaban J connectivity index is 1.39. The summed E-state index contributed by atoms with van der Waals surface area (Å²) in [5.74, 6) is -0.669. The smallest absolute Gasteiger partial charge is 0.410 e. The second-order valence-electron chi connectivity index (χ2n) is 10.8. The average Bonchev–Trinajstić information content (AvgIpc) is 3.53. The zero-order valence-corrected chi connectivity index (χ0v) is 22.2. The van der Waals surface area contributed by atoms with Crippen LogP contribution in [0, 0.1) is 22.7 Å². The molecule has 2 aromatic rings. The molecular formula is C29H29N3O6S. The van der Waals surface area contributed by atoms with Crippen molar-refractivity contribution in [3.63, 3.8) is 0 Å². The second-order valence-corrected chi connectivity index (χ2v) is 12.7. The van der Waals surface area contributed by atoms with Crippen molar-refractivity contribution in [1.29, 1.82) is 5.26 Å². The minimum atomic E-state index is -3.82. The Morgan fingerprint density at radius 1 is 1.08 bits per heavy atom. The number of likely N-dealkylation sites (tertiary alicyclic amines) is 1. The van der Waals surface area contributed by atoms with Crippen LogP contribution in [0.4, 0.5) is 4.79 Å². The molecule has 0 bridgehead atoms. The summed E-state index contributed by atoms with van der Waals surface area (Å²) in [6.07, 6.45) is 2.55. The predicted molar refractivity (Wildman–Crippen MR) is 139 cm³/mol. The van der Waals surface area contributed by atoms with Gasteiger partial charge >= 0.3 is 12.1 Å². The number of hydrogen-bond donors (Lipinski definition) is 0. The highest BCUT2D eigenvalue weighted by Gasteiger charge is 2.68. The van der Waals surface area contributed by atoms with Gasteiger partial charge in [-0.25, -0.2) is 13.2 Å². The summed E-state index contributed by atoms with van der Waals surface area (Å²) in [4.78, 5) is 27.8. The molecule has 0 N–H and O–H groups in total. The van der Waals surface area contributed by atoms with Crippen LogP contribution in [0.1, 0.15) is 31.2 Å². The third kappa shape index (κ3) is 4.12. The van der Waals surface area contributed by atoms with E-state index < -0.39 is 39.1 Å². The summed E-state index contributed by atoms with van der Waals surface area (Å²) in [7, 11) is -3.82. The van der Waals surface area contributed by atoms with Crippen molar-refractivity contribution in [1.82, 2.24) is 9.21 Å². The first-order chi connectivity index (χ1) is 18.8. The molecule has 2 aromatic carbocycles. The maximum atomic E-state index is 13.7. The molecule has 3 heterocycles. The number of hydrogen-bond acceptors (Lipinski definition) is 7. The van der Waals surface area contributed by atoms with Gasteiger partial charge in [-0.15, -0.1) is 0 Å². The SMILES string of the molecule is N#CC1=CC2(CCC(=O)O2)[C@@H]2N(C(=O)OCc3ccccc3)CC[C@@]23CN(S(=O)(=O)c2ccccc2)CC[C@@H]13. The number of ether oxygens (including phenoxy) is 2. The molecule has 0 radical (unpaired) electrons. The fraction of sp³-hybridized carbons (Fsp3) is 0.414. The number of nitriles is 1. The van der Waals surface area contributed by atoms with Crippen LogP contribution >= 0.6 is 0 Å². The van der Waals surface area contributed by atoms with Gasteiger partial charge in [0.05, 0.1) is 17.0 Å². The Hall–Kier alpha value is -3.68. The molecule has 1 unspecified atom stereocenters. The van der Waals surface area contributed by atoms with E-state index in [4.69, 9.17) is 9.47 Å². The van der Waals surface area contributed by atoms with Gasteiger partial charge in [-0.3, -0.25) is 4.79 Å². The fourth-order valence-corrected chi connectivity index (χ4v) is 8.69. The van der Waals surface area contributed by atoms with E-state index in [9.17, 15) is 23.3 Å². The van der Waals surface area contributed by atoms with Gasteiger partial charge in [-0.05, 0) is 36.6 Å².